The molecule has 0 radical (unpaired) electrons. The van der Waals surface area contributed by atoms with E-state index in [1.807, 2.05) is 0 Å². The highest BCUT2D eigenvalue weighted by atomic mass is 14.9. The average molecular weight is 313 g/mol. The van der Waals surface area contributed by atoms with Crippen LogP contribution < -0.4 is 5.32 Å². The van der Waals surface area contributed by atoms with Gasteiger partial charge in [-0.3, -0.25) is 0 Å². The third kappa shape index (κ3) is 3.13. The number of hydrogen-bond donors (Lipinski definition) is 1. The molecular formula is C23H23N. The van der Waals surface area contributed by atoms with E-state index in [4.69, 9.17) is 0 Å². The van der Waals surface area contributed by atoms with E-state index in [2.05, 4.69) is 90.2 Å². The average Bonchev–Trinajstić information content (AvgIpc) is 2.67. The Morgan fingerprint density at radius 2 is 1.42 bits per heavy atom. The molecular weight excluding hydrogens is 290 g/mol. The molecule has 0 saturated heterocycles. The molecule has 0 amide bonds. The minimum absolute atomic E-state index is 0.430. The van der Waals surface area contributed by atoms with Crippen molar-refractivity contribution in [1.82, 2.24) is 5.32 Å². The van der Waals surface area contributed by atoms with Gasteiger partial charge in [0.15, 0.2) is 0 Å². The molecule has 1 N–H and O–H groups in total. The second-order valence-corrected chi connectivity index (χ2v) is 6.60. The molecule has 4 rings (SSSR count). The zero-order valence-corrected chi connectivity index (χ0v) is 13.9. The maximum Gasteiger partial charge on any atom is 0.0246 e. The number of hydrogen-bond acceptors (Lipinski definition) is 1. The van der Waals surface area contributed by atoms with Gasteiger partial charge in [0.1, 0.15) is 0 Å². The van der Waals surface area contributed by atoms with Crippen LogP contribution in [-0.2, 0) is 13.0 Å². The predicted molar refractivity (Wildman–Crippen MR) is 100 cm³/mol. The summed E-state index contributed by atoms with van der Waals surface area (Å²) in [5.74, 6) is 0.430. The monoisotopic (exact) mass is 313 g/mol. The van der Waals surface area contributed by atoms with Crippen LogP contribution in [0.25, 0.3) is 0 Å². The molecule has 0 saturated carbocycles. The summed E-state index contributed by atoms with van der Waals surface area (Å²) in [5.41, 5.74) is 5.75. The maximum atomic E-state index is 3.83. The van der Waals surface area contributed by atoms with Gasteiger partial charge in [0.2, 0.25) is 0 Å². The van der Waals surface area contributed by atoms with Gasteiger partial charge >= 0.3 is 0 Å². The molecule has 1 aliphatic rings. The van der Waals surface area contributed by atoms with Gasteiger partial charge in [-0.05, 0) is 35.1 Å². The first-order valence-corrected chi connectivity index (χ1v) is 8.82. The summed E-state index contributed by atoms with van der Waals surface area (Å²) in [4.78, 5) is 0. The number of fused-ring (bicyclic) bond motifs is 1. The smallest absolute Gasteiger partial charge is 0.0246 e. The fourth-order valence-corrected chi connectivity index (χ4v) is 3.90. The van der Waals surface area contributed by atoms with Crippen LogP contribution in [0.3, 0.4) is 0 Å². The van der Waals surface area contributed by atoms with Gasteiger partial charge in [0.05, 0.1) is 0 Å². The highest BCUT2D eigenvalue weighted by Crippen LogP contribution is 2.36. The van der Waals surface area contributed by atoms with Crippen molar-refractivity contribution in [3.63, 3.8) is 0 Å². The second kappa shape index (κ2) is 7.02. The van der Waals surface area contributed by atoms with E-state index in [0.717, 1.165) is 13.0 Å². The van der Waals surface area contributed by atoms with E-state index >= 15 is 0 Å². The van der Waals surface area contributed by atoms with Gasteiger partial charge in [-0.2, -0.15) is 0 Å². The molecule has 1 heteroatoms. The van der Waals surface area contributed by atoms with E-state index in [1.54, 1.807) is 0 Å². The zero-order chi connectivity index (χ0) is 16.2. The lowest BCUT2D eigenvalue weighted by Gasteiger charge is -2.35. The van der Waals surface area contributed by atoms with Crippen molar-refractivity contribution in [2.24, 2.45) is 0 Å². The lowest BCUT2D eigenvalue weighted by molar-refractivity contribution is 0.417. The Balaban J connectivity index is 1.63. The number of nitrogens with one attached hydrogen (secondary N) is 1. The molecule has 1 aliphatic carbocycles. The van der Waals surface area contributed by atoms with Gasteiger partial charge in [-0.1, -0.05) is 84.9 Å². The summed E-state index contributed by atoms with van der Waals surface area (Å²) >= 11 is 0. The van der Waals surface area contributed by atoms with Crippen LogP contribution in [-0.4, -0.2) is 6.04 Å². The van der Waals surface area contributed by atoms with Crippen molar-refractivity contribution >= 4 is 0 Å². The van der Waals surface area contributed by atoms with Gasteiger partial charge < -0.3 is 5.32 Å². The molecule has 0 bridgehead atoms. The molecule has 120 valence electrons. The fraction of sp³-hybridized carbons (Fsp3) is 0.217. The summed E-state index contributed by atoms with van der Waals surface area (Å²) in [6, 6.07) is 31.1. The summed E-state index contributed by atoms with van der Waals surface area (Å²) < 4.78 is 0. The van der Waals surface area contributed by atoms with E-state index < -0.39 is 0 Å². The topological polar surface area (TPSA) is 12.0 Å². The maximum absolute atomic E-state index is 3.83. The van der Waals surface area contributed by atoms with Crippen LogP contribution >= 0.6 is 0 Å². The van der Waals surface area contributed by atoms with Crippen molar-refractivity contribution in [3.8, 4) is 0 Å². The number of aryl methyl sites for hydroxylation is 1. The molecule has 2 atom stereocenters. The van der Waals surface area contributed by atoms with Crippen molar-refractivity contribution < 1.29 is 0 Å². The molecule has 2 unspecified atom stereocenters. The molecule has 0 heterocycles. The highest BCUT2D eigenvalue weighted by molar-refractivity contribution is 5.42. The van der Waals surface area contributed by atoms with Gasteiger partial charge in [-0.15, -0.1) is 0 Å². The first-order chi connectivity index (χ1) is 11.9. The summed E-state index contributed by atoms with van der Waals surface area (Å²) in [5, 5.41) is 3.83. The third-order valence-electron chi connectivity index (χ3n) is 5.09. The van der Waals surface area contributed by atoms with Crippen LogP contribution in [0.2, 0.25) is 0 Å². The standard InChI is InChI=1S/C23H23N/c1-3-9-18(10-4-1)17-24-22-16-15-19-11-7-8-14-21(19)23(22)20-12-5-2-6-13-20/h1-14,22-24H,15-17H2. The Hall–Kier alpha value is -2.38. The van der Waals surface area contributed by atoms with E-state index in [9.17, 15) is 0 Å². The molecule has 0 fully saturated rings. The Morgan fingerprint density at radius 3 is 2.21 bits per heavy atom. The van der Waals surface area contributed by atoms with Crippen LogP contribution in [0, 0.1) is 0 Å². The van der Waals surface area contributed by atoms with Crippen LogP contribution in [0.15, 0.2) is 84.9 Å². The van der Waals surface area contributed by atoms with Gasteiger partial charge in [0.25, 0.3) is 0 Å². The largest absolute Gasteiger partial charge is 0.309 e. The Bertz CT molecular complexity index is 779. The molecule has 0 aliphatic heterocycles. The second-order valence-electron chi connectivity index (χ2n) is 6.60. The quantitative estimate of drug-likeness (QED) is 0.720. The Morgan fingerprint density at radius 1 is 0.750 bits per heavy atom. The van der Waals surface area contributed by atoms with Crippen molar-refractivity contribution in [2.75, 3.05) is 0 Å². The van der Waals surface area contributed by atoms with Crippen LogP contribution in [0.4, 0.5) is 0 Å². The van der Waals surface area contributed by atoms with Crippen molar-refractivity contribution in [2.45, 2.75) is 31.3 Å². The minimum atomic E-state index is 0.430. The zero-order valence-electron chi connectivity index (χ0n) is 13.9. The minimum Gasteiger partial charge on any atom is -0.309 e. The lowest BCUT2D eigenvalue weighted by atomic mass is 9.75. The predicted octanol–water partition coefficient (Wildman–Crippen LogP) is 4.92. The fourth-order valence-electron chi connectivity index (χ4n) is 3.90. The molecule has 0 aromatic heterocycles. The molecule has 1 nitrogen and oxygen atoms in total. The summed E-state index contributed by atoms with van der Waals surface area (Å²) in [7, 11) is 0. The van der Waals surface area contributed by atoms with Crippen LogP contribution in [0.1, 0.15) is 34.6 Å². The van der Waals surface area contributed by atoms with E-state index in [1.165, 1.54) is 28.7 Å². The SMILES string of the molecule is c1ccc(CNC2CCc3ccccc3C2c2ccccc2)cc1. The van der Waals surface area contributed by atoms with Crippen LogP contribution in [0.5, 0.6) is 0 Å². The number of rotatable bonds is 4. The molecule has 3 aromatic carbocycles. The lowest BCUT2D eigenvalue weighted by Crippen LogP contribution is -2.38. The molecule has 3 aromatic rings. The Labute approximate surface area is 144 Å². The van der Waals surface area contributed by atoms with Gasteiger partial charge in [0, 0.05) is 18.5 Å². The summed E-state index contributed by atoms with van der Waals surface area (Å²) in [6.45, 7) is 0.928. The normalized spacial score (nSPS) is 19.7. The highest BCUT2D eigenvalue weighted by Gasteiger charge is 2.30. The molecule has 24 heavy (non-hydrogen) atoms. The molecule has 0 spiro atoms. The number of benzene rings is 3. The van der Waals surface area contributed by atoms with Gasteiger partial charge in [-0.25, -0.2) is 0 Å². The van der Waals surface area contributed by atoms with E-state index in [0.29, 0.717) is 12.0 Å². The first-order valence-electron chi connectivity index (χ1n) is 8.82. The first kappa shape index (κ1) is 15.2. The third-order valence-corrected chi connectivity index (χ3v) is 5.09. The summed E-state index contributed by atoms with van der Waals surface area (Å²) in [6.07, 6.45) is 2.34. The Kier molecular flexibility index (Phi) is 4.44. The van der Waals surface area contributed by atoms with Crippen molar-refractivity contribution in [1.29, 1.82) is 0 Å². The van der Waals surface area contributed by atoms with Crippen molar-refractivity contribution in [3.05, 3.63) is 107 Å². The van der Waals surface area contributed by atoms with E-state index in [-0.39, 0.29) is 0 Å².